The fourth-order valence-corrected chi connectivity index (χ4v) is 2.88. The van der Waals surface area contributed by atoms with E-state index in [0.717, 1.165) is 10.9 Å². The van der Waals surface area contributed by atoms with Crippen LogP contribution in [-0.2, 0) is 6.42 Å². The second kappa shape index (κ2) is 5.33. The minimum absolute atomic E-state index is 0.0460. The second-order valence-corrected chi connectivity index (χ2v) is 6.00. The van der Waals surface area contributed by atoms with Crippen LogP contribution in [0.4, 0.5) is 0 Å². The van der Waals surface area contributed by atoms with Gasteiger partial charge in [0.25, 0.3) is 0 Å². The Hall–Kier alpha value is -0.340. The summed E-state index contributed by atoms with van der Waals surface area (Å²) in [5, 5.41) is 0. The zero-order valence-corrected chi connectivity index (χ0v) is 11.3. The molecule has 2 N–H and O–H groups in total. The average molecular weight is 282 g/mol. The summed E-state index contributed by atoms with van der Waals surface area (Å²) in [5.41, 5.74) is 7.93. The third-order valence-corrected chi connectivity index (χ3v) is 4.10. The predicted molar refractivity (Wildman–Crippen MR) is 72.5 cm³/mol. The summed E-state index contributed by atoms with van der Waals surface area (Å²) in [5.74, 6) is 0. The van der Waals surface area contributed by atoms with Crippen LogP contribution in [0, 0.1) is 0 Å². The summed E-state index contributed by atoms with van der Waals surface area (Å²) in [6.07, 6.45) is 8.71. The van der Waals surface area contributed by atoms with Crippen molar-refractivity contribution in [3.8, 4) is 0 Å². The van der Waals surface area contributed by atoms with Gasteiger partial charge in [-0.1, -0.05) is 53.7 Å². The number of halogens is 1. The Morgan fingerprint density at radius 3 is 2.12 bits per heavy atom. The van der Waals surface area contributed by atoms with Gasteiger partial charge in [0.15, 0.2) is 0 Å². The van der Waals surface area contributed by atoms with Crippen LogP contribution >= 0.6 is 15.9 Å². The fraction of sp³-hybridized carbons (Fsp3) is 0.571. The first-order chi connectivity index (χ1) is 7.68. The fourth-order valence-electron chi connectivity index (χ4n) is 2.62. The normalized spacial score (nSPS) is 20.4. The van der Waals surface area contributed by atoms with E-state index in [1.807, 2.05) is 0 Å². The molecule has 1 saturated carbocycles. The number of hydrogen-bond donors (Lipinski definition) is 1. The van der Waals surface area contributed by atoms with Gasteiger partial charge < -0.3 is 5.73 Å². The topological polar surface area (TPSA) is 26.0 Å². The maximum Gasteiger partial charge on any atom is 0.0195 e. The number of nitrogens with two attached hydrogens (primary N) is 1. The molecule has 16 heavy (non-hydrogen) atoms. The lowest BCUT2D eigenvalue weighted by Gasteiger charge is -2.28. The molecule has 1 nitrogen and oxygen atoms in total. The van der Waals surface area contributed by atoms with Crippen LogP contribution in [-0.4, -0.2) is 5.54 Å². The van der Waals surface area contributed by atoms with Crippen molar-refractivity contribution in [3.05, 3.63) is 34.3 Å². The zero-order valence-electron chi connectivity index (χ0n) is 9.71. The third-order valence-electron chi connectivity index (χ3n) is 3.57. The third kappa shape index (κ3) is 3.33. The van der Waals surface area contributed by atoms with E-state index in [2.05, 4.69) is 40.2 Å². The molecule has 0 unspecified atom stereocenters. The smallest absolute Gasteiger partial charge is 0.0195 e. The Morgan fingerprint density at radius 1 is 1.00 bits per heavy atom. The van der Waals surface area contributed by atoms with Gasteiger partial charge in [0.2, 0.25) is 0 Å². The summed E-state index contributed by atoms with van der Waals surface area (Å²) in [6.45, 7) is 0. The summed E-state index contributed by atoms with van der Waals surface area (Å²) in [6, 6.07) is 8.58. The summed E-state index contributed by atoms with van der Waals surface area (Å²) >= 11 is 3.47. The highest BCUT2D eigenvalue weighted by molar-refractivity contribution is 9.10. The predicted octanol–water partition coefficient (Wildman–Crippen LogP) is 4.04. The van der Waals surface area contributed by atoms with Crippen LogP contribution in [0.3, 0.4) is 0 Å². The molecule has 2 rings (SSSR count). The molecule has 88 valence electrons. The van der Waals surface area contributed by atoms with E-state index in [1.165, 1.54) is 44.1 Å². The molecular weight excluding hydrogens is 262 g/mol. The van der Waals surface area contributed by atoms with Crippen LogP contribution in [0.1, 0.15) is 44.1 Å². The molecule has 1 fully saturated rings. The van der Waals surface area contributed by atoms with Crippen LogP contribution in [0.25, 0.3) is 0 Å². The van der Waals surface area contributed by atoms with Crippen molar-refractivity contribution in [3.63, 3.8) is 0 Å². The molecule has 0 heterocycles. The quantitative estimate of drug-likeness (QED) is 0.814. The SMILES string of the molecule is NC1(Cc2ccc(Br)cc2)CCCCCC1. The lowest BCUT2D eigenvalue weighted by Crippen LogP contribution is -2.41. The molecule has 0 radical (unpaired) electrons. The first-order valence-electron chi connectivity index (χ1n) is 6.21. The van der Waals surface area contributed by atoms with Crippen LogP contribution in [0.2, 0.25) is 0 Å². The summed E-state index contributed by atoms with van der Waals surface area (Å²) < 4.78 is 1.14. The molecule has 0 bridgehead atoms. The molecule has 0 spiro atoms. The van der Waals surface area contributed by atoms with Crippen LogP contribution in [0.15, 0.2) is 28.7 Å². The zero-order chi connectivity index (χ0) is 11.4. The highest BCUT2D eigenvalue weighted by atomic mass is 79.9. The lowest BCUT2D eigenvalue weighted by molar-refractivity contribution is 0.369. The van der Waals surface area contributed by atoms with E-state index in [1.54, 1.807) is 0 Å². The average Bonchev–Trinajstić information content (AvgIpc) is 2.47. The van der Waals surface area contributed by atoms with E-state index >= 15 is 0 Å². The maximum atomic E-state index is 6.52. The molecule has 1 aliphatic carbocycles. The second-order valence-electron chi connectivity index (χ2n) is 5.08. The largest absolute Gasteiger partial charge is 0.325 e. The van der Waals surface area contributed by atoms with Crippen molar-refractivity contribution in [2.45, 2.75) is 50.5 Å². The van der Waals surface area contributed by atoms with Crippen molar-refractivity contribution in [2.24, 2.45) is 5.73 Å². The molecule has 0 amide bonds. The van der Waals surface area contributed by atoms with Gasteiger partial charge in [0.05, 0.1) is 0 Å². The molecular formula is C14H20BrN. The van der Waals surface area contributed by atoms with Crippen LogP contribution < -0.4 is 5.73 Å². The van der Waals surface area contributed by atoms with E-state index in [0.29, 0.717) is 0 Å². The lowest BCUT2D eigenvalue weighted by atomic mass is 9.85. The Morgan fingerprint density at radius 2 is 1.56 bits per heavy atom. The molecule has 0 saturated heterocycles. The Balaban J connectivity index is 2.04. The molecule has 2 heteroatoms. The van der Waals surface area contributed by atoms with E-state index in [9.17, 15) is 0 Å². The van der Waals surface area contributed by atoms with Gasteiger partial charge >= 0.3 is 0 Å². The number of hydrogen-bond acceptors (Lipinski definition) is 1. The molecule has 0 aromatic heterocycles. The summed E-state index contributed by atoms with van der Waals surface area (Å²) in [4.78, 5) is 0. The maximum absolute atomic E-state index is 6.52. The van der Waals surface area contributed by atoms with E-state index in [4.69, 9.17) is 5.73 Å². The molecule has 0 aliphatic heterocycles. The highest BCUT2D eigenvalue weighted by Crippen LogP contribution is 2.28. The van der Waals surface area contributed by atoms with Gasteiger partial charge in [-0.15, -0.1) is 0 Å². The van der Waals surface area contributed by atoms with E-state index < -0.39 is 0 Å². The van der Waals surface area contributed by atoms with Gasteiger partial charge in [-0.3, -0.25) is 0 Å². The van der Waals surface area contributed by atoms with Gasteiger partial charge in [0.1, 0.15) is 0 Å². The summed E-state index contributed by atoms with van der Waals surface area (Å²) in [7, 11) is 0. The standard InChI is InChI=1S/C14H20BrN/c15-13-7-5-12(6-8-13)11-14(16)9-3-1-2-4-10-14/h5-8H,1-4,9-11,16H2. The van der Waals surface area contributed by atoms with Gasteiger partial charge in [0, 0.05) is 10.0 Å². The van der Waals surface area contributed by atoms with Crippen molar-refractivity contribution in [1.82, 2.24) is 0 Å². The molecule has 1 aliphatic rings. The molecule has 1 aromatic carbocycles. The van der Waals surface area contributed by atoms with Crippen molar-refractivity contribution in [2.75, 3.05) is 0 Å². The van der Waals surface area contributed by atoms with Crippen molar-refractivity contribution in [1.29, 1.82) is 0 Å². The van der Waals surface area contributed by atoms with Crippen molar-refractivity contribution >= 4 is 15.9 Å². The van der Waals surface area contributed by atoms with Gasteiger partial charge in [-0.2, -0.15) is 0 Å². The monoisotopic (exact) mass is 281 g/mol. The van der Waals surface area contributed by atoms with Gasteiger partial charge in [-0.05, 0) is 37.0 Å². The minimum atomic E-state index is 0.0460. The number of benzene rings is 1. The first kappa shape index (κ1) is 12.1. The Bertz CT molecular complexity index is 323. The van der Waals surface area contributed by atoms with E-state index in [-0.39, 0.29) is 5.54 Å². The number of rotatable bonds is 2. The minimum Gasteiger partial charge on any atom is -0.325 e. The Labute approximate surface area is 107 Å². The Kier molecular flexibility index (Phi) is 4.04. The van der Waals surface area contributed by atoms with Gasteiger partial charge in [-0.25, -0.2) is 0 Å². The molecule has 0 atom stereocenters. The first-order valence-corrected chi connectivity index (χ1v) is 7.01. The van der Waals surface area contributed by atoms with Crippen LogP contribution in [0.5, 0.6) is 0 Å². The molecule has 1 aromatic rings. The highest BCUT2D eigenvalue weighted by Gasteiger charge is 2.26. The van der Waals surface area contributed by atoms with Crippen molar-refractivity contribution < 1.29 is 0 Å².